The van der Waals surface area contributed by atoms with E-state index in [9.17, 15) is 9.59 Å². The number of aromatic nitrogens is 2. The third-order valence-corrected chi connectivity index (χ3v) is 4.20. The molecule has 3 rings (SSSR count). The Balaban J connectivity index is 1.86. The molecule has 0 saturated carbocycles. The fraction of sp³-hybridized carbons (Fsp3) is 0.353. The Morgan fingerprint density at radius 1 is 1.39 bits per heavy atom. The second-order valence-corrected chi connectivity index (χ2v) is 5.66. The predicted octanol–water partition coefficient (Wildman–Crippen LogP) is 1.65. The topological polar surface area (TPSA) is 64.4 Å². The Labute approximate surface area is 134 Å². The zero-order valence-electron chi connectivity index (χ0n) is 13.0. The molecule has 0 N–H and O–H groups in total. The maximum absolute atomic E-state index is 12.4. The van der Waals surface area contributed by atoms with E-state index < -0.39 is 0 Å². The molecule has 1 amide bonds. The van der Waals surface area contributed by atoms with Crippen LogP contribution < -0.4 is 0 Å². The SMILES string of the molecule is COC(=O)C1CC(=O)N(C(Cn2ccnc2)c2ccccc2)C1. The van der Waals surface area contributed by atoms with Gasteiger partial charge in [-0.15, -0.1) is 0 Å². The average molecular weight is 313 g/mol. The van der Waals surface area contributed by atoms with Crippen LogP contribution in [0, 0.1) is 5.92 Å². The number of methoxy groups -OCH3 is 1. The highest BCUT2D eigenvalue weighted by Crippen LogP contribution is 2.30. The van der Waals surface area contributed by atoms with Gasteiger partial charge in [0.2, 0.25) is 5.91 Å². The Morgan fingerprint density at radius 2 is 2.17 bits per heavy atom. The lowest BCUT2D eigenvalue weighted by molar-refractivity contribution is -0.145. The summed E-state index contributed by atoms with van der Waals surface area (Å²) in [6.07, 6.45) is 5.52. The zero-order chi connectivity index (χ0) is 16.2. The smallest absolute Gasteiger partial charge is 0.310 e. The van der Waals surface area contributed by atoms with E-state index >= 15 is 0 Å². The highest BCUT2D eigenvalue weighted by molar-refractivity contribution is 5.87. The fourth-order valence-electron chi connectivity index (χ4n) is 3.01. The number of carbonyl (C=O) groups is 2. The van der Waals surface area contributed by atoms with Crippen molar-refractivity contribution in [3.05, 3.63) is 54.6 Å². The summed E-state index contributed by atoms with van der Waals surface area (Å²) in [5, 5.41) is 0. The molecule has 1 aliphatic rings. The number of likely N-dealkylation sites (tertiary alicyclic amines) is 1. The van der Waals surface area contributed by atoms with Crippen molar-refractivity contribution in [1.29, 1.82) is 0 Å². The minimum absolute atomic E-state index is 0.0191. The lowest BCUT2D eigenvalue weighted by atomic mass is 10.1. The summed E-state index contributed by atoms with van der Waals surface area (Å²) >= 11 is 0. The minimum Gasteiger partial charge on any atom is -0.469 e. The van der Waals surface area contributed by atoms with Gasteiger partial charge >= 0.3 is 5.97 Å². The quantitative estimate of drug-likeness (QED) is 0.787. The normalized spacial score (nSPS) is 18.9. The van der Waals surface area contributed by atoms with Crippen LogP contribution in [0.2, 0.25) is 0 Å². The number of carbonyl (C=O) groups excluding carboxylic acids is 2. The van der Waals surface area contributed by atoms with Gasteiger partial charge < -0.3 is 14.2 Å². The van der Waals surface area contributed by atoms with Crippen molar-refractivity contribution in [1.82, 2.24) is 14.5 Å². The van der Waals surface area contributed by atoms with E-state index in [1.807, 2.05) is 41.1 Å². The monoisotopic (exact) mass is 313 g/mol. The van der Waals surface area contributed by atoms with Gasteiger partial charge in [0.1, 0.15) is 0 Å². The standard InChI is InChI=1S/C17H19N3O3/c1-23-17(22)14-9-16(21)20(10-14)15(11-19-8-7-18-12-19)13-5-3-2-4-6-13/h2-8,12,14-15H,9-11H2,1H3. The van der Waals surface area contributed by atoms with Crippen LogP contribution in [0.15, 0.2) is 49.1 Å². The molecular weight excluding hydrogens is 294 g/mol. The number of hydrogen-bond acceptors (Lipinski definition) is 4. The number of rotatable bonds is 5. The van der Waals surface area contributed by atoms with Crippen molar-refractivity contribution in [2.75, 3.05) is 13.7 Å². The van der Waals surface area contributed by atoms with Gasteiger partial charge in [-0.25, -0.2) is 4.98 Å². The Kier molecular flexibility index (Phi) is 4.41. The van der Waals surface area contributed by atoms with Gasteiger partial charge in [0.15, 0.2) is 0 Å². The number of esters is 1. The fourth-order valence-corrected chi connectivity index (χ4v) is 3.01. The first-order valence-corrected chi connectivity index (χ1v) is 7.57. The summed E-state index contributed by atoms with van der Waals surface area (Å²) in [6.45, 7) is 0.989. The molecule has 120 valence electrons. The maximum Gasteiger partial charge on any atom is 0.310 e. The molecule has 6 nitrogen and oxygen atoms in total. The molecule has 1 aromatic carbocycles. The van der Waals surface area contributed by atoms with Crippen molar-refractivity contribution in [2.24, 2.45) is 5.92 Å². The van der Waals surface area contributed by atoms with Gasteiger partial charge in [-0.05, 0) is 5.56 Å². The highest BCUT2D eigenvalue weighted by Gasteiger charge is 2.39. The molecule has 6 heteroatoms. The molecule has 0 spiro atoms. The van der Waals surface area contributed by atoms with Gasteiger partial charge in [0, 0.05) is 31.9 Å². The molecule has 2 atom stereocenters. The van der Waals surface area contributed by atoms with Crippen molar-refractivity contribution in [3.8, 4) is 0 Å². The molecule has 0 aliphatic carbocycles. The largest absolute Gasteiger partial charge is 0.469 e. The Bertz CT molecular complexity index is 670. The first-order valence-electron chi connectivity index (χ1n) is 7.57. The number of nitrogens with zero attached hydrogens (tertiary/aromatic N) is 3. The third-order valence-electron chi connectivity index (χ3n) is 4.20. The predicted molar refractivity (Wildman–Crippen MR) is 83.2 cm³/mol. The van der Waals surface area contributed by atoms with Crippen molar-refractivity contribution < 1.29 is 14.3 Å². The van der Waals surface area contributed by atoms with E-state index in [2.05, 4.69) is 4.98 Å². The van der Waals surface area contributed by atoms with Crippen LogP contribution in [-0.2, 0) is 20.9 Å². The van der Waals surface area contributed by atoms with Gasteiger partial charge in [-0.1, -0.05) is 30.3 Å². The van der Waals surface area contributed by atoms with Crippen LogP contribution >= 0.6 is 0 Å². The summed E-state index contributed by atoms with van der Waals surface area (Å²) in [5.41, 5.74) is 1.04. The summed E-state index contributed by atoms with van der Waals surface area (Å²) < 4.78 is 6.73. The first kappa shape index (κ1) is 15.3. The lowest BCUT2D eigenvalue weighted by Crippen LogP contribution is -2.33. The second-order valence-electron chi connectivity index (χ2n) is 5.66. The van der Waals surface area contributed by atoms with Crippen LogP contribution in [0.1, 0.15) is 18.0 Å². The molecule has 2 unspecified atom stereocenters. The summed E-state index contributed by atoms with van der Waals surface area (Å²) in [4.78, 5) is 30.0. The van der Waals surface area contributed by atoms with Crippen LogP contribution in [0.4, 0.5) is 0 Å². The minimum atomic E-state index is -0.388. The molecule has 2 heterocycles. The number of imidazole rings is 1. The number of ether oxygens (including phenoxy) is 1. The molecule has 0 bridgehead atoms. The highest BCUT2D eigenvalue weighted by atomic mass is 16.5. The third kappa shape index (κ3) is 3.26. The first-order chi connectivity index (χ1) is 11.2. The molecule has 2 aromatic rings. The van der Waals surface area contributed by atoms with Crippen LogP contribution in [0.25, 0.3) is 0 Å². The summed E-state index contributed by atoms with van der Waals surface area (Å²) in [6, 6.07) is 9.72. The van der Waals surface area contributed by atoms with Crippen molar-refractivity contribution in [3.63, 3.8) is 0 Å². The van der Waals surface area contributed by atoms with E-state index in [1.54, 1.807) is 17.4 Å². The average Bonchev–Trinajstić information content (AvgIpc) is 3.22. The number of amides is 1. The van der Waals surface area contributed by atoms with Gasteiger partial charge in [0.05, 0.1) is 25.4 Å². The van der Waals surface area contributed by atoms with E-state index in [0.29, 0.717) is 13.1 Å². The number of hydrogen-bond donors (Lipinski definition) is 0. The van der Waals surface area contributed by atoms with Crippen LogP contribution in [0.5, 0.6) is 0 Å². The number of benzene rings is 1. The lowest BCUT2D eigenvalue weighted by Gasteiger charge is -2.29. The second kappa shape index (κ2) is 6.64. The van der Waals surface area contributed by atoms with Gasteiger partial charge in [-0.2, -0.15) is 0 Å². The van der Waals surface area contributed by atoms with E-state index in [4.69, 9.17) is 4.74 Å². The Morgan fingerprint density at radius 3 is 2.83 bits per heavy atom. The van der Waals surface area contributed by atoms with Gasteiger partial charge in [-0.3, -0.25) is 9.59 Å². The van der Waals surface area contributed by atoms with Crippen molar-refractivity contribution in [2.45, 2.75) is 19.0 Å². The molecule has 1 fully saturated rings. The van der Waals surface area contributed by atoms with E-state index in [1.165, 1.54) is 7.11 Å². The molecule has 1 aromatic heterocycles. The molecule has 1 aliphatic heterocycles. The molecule has 23 heavy (non-hydrogen) atoms. The maximum atomic E-state index is 12.4. The van der Waals surface area contributed by atoms with E-state index in [0.717, 1.165) is 5.56 Å². The molecule has 0 radical (unpaired) electrons. The summed E-state index contributed by atoms with van der Waals surface area (Å²) in [5.74, 6) is -0.730. The van der Waals surface area contributed by atoms with Gasteiger partial charge in [0.25, 0.3) is 0 Å². The van der Waals surface area contributed by atoms with Crippen molar-refractivity contribution >= 4 is 11.9 Å². The van der Waals surface area contributed by atoms with E-state index in [-0.39, 0.29) is 30.3 Å². The summed E-state index contributed by atoms with van der Waals surface area (Å²) in [7, 11) is 1.36. The zero-order valence-corrected chi connectivity index (χ0v) is 13.0. The Hall–Kier alpha value is -2.63. The van der Waals surface area contributed by atoms with Crippen LogP contribution in [-0.4, -0.2) is 40.0 Å². The van der Waals surface area contributed by atoms with Crippen LogP contribution in [0.3, 0.4) is 0 Å². The molecule has 1 saturated heterocycles. The molecular formula is C17H19N3O3.